The van der Waals surface area contributed by atoms with Gasteiger partial charge in [0.1, 0.15) is 5.54 Å². The molecule has 0 aromatic carbocycles. The minimum atomic E-state index is -0.846. The maximum Gasteiger partial charge on any atom is 0.242 e. The second-order valence-corrected chi connectivity index (χ2v) is 3.90. The third-order valence-corrected chi connectivity index (χ3v) is 2.50. The summed E-state index contributed by atoms with van der Waals surface area (Å²) in [5.41, 5.74) is 5.03. The fourth-order valence-corrected chi connectivity index (χ4v) is 1.44. The molecule has 5 nitrogen and oxygen atoms in total. The van der Waals surface area contributed by atoms with Gasteiger partial charge in [0, 0.05) is 13.2 Å². The van der Waals surface area contributed by atoms with Gasteiger partial charge in [-0.25, -0.2) is 0 Å². The van der Waals surface area contributed by atoms with E-state index in [1.54, 1.807) is 6.08 Å². The van der Waals surface area contributed by atoms with Gasteiger partial charge in [-0.3, -0.25) is 4.79 Å². The average Bonchev–Trinajstić information content (AvgIpc) is 2.71. The van der Waals surface area contributed by atoms with Crippen molar-refractivity contribution in [1.29, 1.82) is 0 Å². The summed E-state index contributed by atoms with van der Waals surface area (Å²) in [6.45, 7) is 6.06. The summed E-state index contributed by atoms with van der Waals surface area (Å²) >= 11 is 0. The summed E-state index contributed by atoms with van der Waals surface area (Å²) in [5.74, 6) is -0.155. The lowest BCUT2D eigenvalue weighted by Gasteiger charge is -2.20. The number of hydrogen-bond acceptors (Lipinski definition) is 4. The number of nitrogens with two attached hydrogens (primary N) is 1. The van der Waals surface area contributed by atoms with Crippen molar-refractivity contribution in [3.05, 3.63) is 12.7 Å². The Morgan fingerprint density at radius 3 is 3.06 bits per heavy atom. The molecule has 1 saturated heterocycles. The van der Waals surface area contributed by atoms with Crippen LogP contribution in [0.1, 0.15) is 12.8 Å². The maximum absolute atomic E-state index is 11.7. The molecule has 1 atom stereocenters. The predicted octanol–water partition coefficient (Wildman–Crippen LogP) is -0.187. The topological polar surface area (TPSA) is 73.6 Å². The summed E-state index contributed by atoms with van der Waals surface area (Å²) in [6, 6.07) is 0. The Morgan fingerprint density at radius 2 is 2.44 bits per heavy atom. The lowest BCUT2D eigenvalue weighted by Crippen LogP contribution is -2.55. The smallest absolute Gasteiger partial charge is 0.242 e. The summed E-state index contributed by atoms with van der Waals surface area (Å²) in [7, 11) is 0. The number of nitrogens with one attached hydrogen (secondary N) is 1. The molecule has 92 valence electrons. The average molecular weight is 228 g/mol. The van der Waals surface area contributed by atoms with Crippen LogP contribution in [0.25, 0.3) is 0 Å². The molecule has 1 fully saturated rings. The van der Waals surface area contributed by atoms with Crippen molar-refractivity contribution < 1.29 is 14.3 Å². The third kappa shape index (κ3) is 3.92. The van der Waals surface area contributed by atoms with E-state index in [1.165, 1.54) is 0 Å². The Balaban J connectivity index is 2.08. The van der Waals surface area contributed by atoms with Gasteiger partial charge in [-0.1, -0.05) is 6.08 Å². The van der Waals surface area contributed by atoms with Gasteiger partial charge in [0.2, 0.25) is 5.91 Å². The highest BCUT2D eigenvalue weighted by Crippen LogP contribution is 2.14. The van der Waals surface area contributed by atoms with Crippen molar-refractivity contribution in [1.82, 2.24) is 5.32 Å². The van der Waals surface area contributed by atoms with Crippen LogP contribution in [0.4, 0.5) is 0 Å². The Labute approximate surface area is 96.0 Å². The van der Waals surface area contributed by atoms with Crippen molar-refractivity contribution in [2.45, 2.75) is 18.4 Å². The van der Waals surface area contributed by atoms with Crippen molar-refractivity contribution in [2.75, 3.05) is 33.0 Å². The number of carbonyl (C=O) groups is 1. The first-order valence-corrected chi connectivity index (χ1v) is 5.52. The summed E-state index contributed by atoms with van der Waals surface area (Å²) in [5, 5.41) is 2.75. The van der Waals surface area contributed by atoms with Gasteiger partial charge in [0.05, 0.1) is 19.8 Å². The molecule has 0 bridgehead atoms. The van der Waals surface area contributed by atoms with Gasteiger partial charge in [-0.05, 0) is 12.8 Å². The summed E-state index contributed by atoms with van der Waals surface area (Å²) in [6.07, 6.45) is 3.20. The second kappa shape index (κ2) is 6.62. The molecule has 0 aliphatic carbocycles. The van der Waals surface area contributed by atoms with E-state index in [0.29, 0.717) is 39.4 Å². The molecule has 16 heavy (non-hydrogen) atoms. The first kappa shape index (κ1) is 13.2. The number of ether oxygens (including phenoxy) is 2. The number of carbonyl (C=O) groups excluding carboxylic acids is 1. The van der Waals surface area contributed by atoms with Gasteiger partial charge in [-0.2, -0.15) is 0 Å². The SMILES string of the molecule is C=CCCOCCNC(=O)C1(N)CCOC1. The van der Waals surface area contributed by atoms with Crippen LogP contribution in [0.15, 0.2) is 12.7 Å². The van der Waals surface area contributed by atoms with E-state index in [9.17, 15) is 4.79 Å². The van der Waals surface area contributed by atoms with E-state index in [4.69, 9.17) is 15.2 Å². The molecule has 5 heteroatoms. The molecule has 1 heterocycles. The quantitative estimate of drug-likeness (QED) is 0.468. The maximum atomic E-state index is 11.7. The Kier molecular flexibility index (Phi) is 5.45. The molecular formula is C11H20N2O3. The zero-order valence-electron chi connectivity index (χ0n) is 9.54. The predicted molar refractivity (Wildman–Crippen MR) is 61.0 cm³/mol. The number of amides is 1. The molecule has 1 aliphatic heterocycles. The summed E-state index contributed by atoms with van der Waals surface area (Å²) in [4.78, 5) is 11.7. The van der Waals surface area contributed by atoms with Crippen molar-refractivity contribution >= 4 is 5.91 Å². The first-order valence-electron chi connectivity index (χ1n) is 5.52. The molecular weight excluding hydrogens is 208 g/mol. The monoisotopic (exact) mass is 228 g/mol. The summed E-state index contributed by atoms with van der Waals surface area (Å²) < 4.78 is 10.4. The van der Waals surface area contributed by atoms with E-state index in [1.807, 2.05) is 0 Å². The standard InChI is InChI=1S/C11H20N2O3/c1-2-3-6-15-8-5-13-10(14)11(12)4-7-16-9-11/h2H,1,3-9,12H2,(H,13,14). The van der Waals surface area contributed by atoms with Crippen LogP contribution in [0.5, 0.6) is 0 Å². The molecule has 3 N–H and O–H groups in total. The Bertz CT molecular complexity index is 237. The second-order valence-electron chi connectivity index (χ2n) is 3.90. The minimum absolute atomic E-state index is 0.155. The molecule has 0 aromatic rings. The van der Waals surface area contributed by atoms with Crippen molar-refractivity contribution in [3.63, 3.8) is 0 Å². The molecule has 0 saturated carbocycles. The van der Waals surface area contributed by atoms with Gasteiger partial charge >= 0.3 is 0 Å². The van der Waals surface area contributed by atoms with Crippen LogP contribution >= 0.6 is 0 Å². The lowest BCUT2D eigenvalue weighted by atomic mass is 9.99. The Morgan fingerprint density at radius 1 is 1.62 bits per heavy atom. The fraction of sp³-hybridized carbons (Fsp3) is 0.727. The van der Waals surface area contributed by atoms with Crippen LogP contribution in [-0.4, -0.2) is 44.4 Å². The first-order chi connectivity index (χ1) is 7.69. The van der Waals surface area contributed by atoms with Crippen molar-refractivity contribution in [3.8, 4) is 0 Å². The van der Waals surface area contributed by atoms with Crippen molar-refractivity contribution in [2.24, 2.45) is 5.73 Å². The van der Waals surface area contributed by atoms with Gasteiger partial charge in [-0.15, -0.1) is 6.58 Å². The zero-order chi connectivity index (χ0) is 11.9. The van der Waals surface area contributed by atoms with Crippen LogP contribution in [0.3, 0.4) is 0 Å². The van der Waals surface area contributed by atoms with Crippen LogP contribution in [-0.2, 0) is 14.3 Å². The highest BCUT2D eigenvalue weighted by atomic mass is 16.5. The van der Waals surface area contributed by atoms with Gasteiger partial charge in [0.25, 0.3) is 0 Å². The molecule has 1 rings (SSSR count). The van der Waals surface area contributed by atoms with E-state index in [-0.39, 0.29) is 5.91 Å². The fourth-order valence-electron chi connectivity index (χ4n) is 1.44. The molecule has 0 radical (unpaired) electrons. The van der Waals surface area contributed by atoms with Crippen LogP contribution < -0.4 is 11.1 Å². The van der Waals surface area contributed by atoms with Gasteiger partial charge < -0.3 is 20.5 Å². The highest BCUT2D eigenvalue weighted by molar-refractivity contribution is 5.86. The van der Waals surface area contributed by atoms with Gasteiger partial charge in [0.15, 0.2) is 0 Å². The molecule has 1 unspecified atom stereocenters. The van der Waals surface area contributed by atoms with E-state index in [0.717, 1.165) is 6.42 Å². The van der Waals surface area contributed by atoms with E-state index in [2.05, 4.69) is 11.9 Å². The molecule has 1 amide bonds. The van der Waals surface area contributed by atoms with Crippen LogP contribution in [0.2, 0.25) is 0 Å². The number of hydrogen-bond donors (Lipinski definition) is 2. The Hall–Kier alpha value is -0.910. The van der Waals surface area contributed by atoms with E-state index < -0.39 is 5.54 Å². The minimum Gasteiger partial charge on any atom is -0.379 e. The molecule has 0 aromatic heterocycles. The van der Waals surface area contributed by atoms with E-state index >= 15 is 0 Å². The largest absolute Gasteiger partial charge is 0.379 e. The normalized spacial score (nSPS) is 24.3. The molecule has 0 spiro atoms. The zero-order valence-corrected chi connectivity index (χ0v) is 9.54. The number of rotatable bonds is 7. The van der Waals surface area contributed by atoms with Crippen LogP contribution in [0, 0.1) is 0 Å². The highest BCUT2D eigenvalue weighted by Gasteiger charge is 2.37. The lowest BCUT2D eigenvalue weighted by molar-refractivity contribution is -0.126. The third-order valence-electron chi connectivity index (χ3n) is 2.50. The molecule has 1 aliphatic rings.